The van der Waals surface area contributed by atoms with Crippen LogP contribution < -0.4 is 0 Å². The van der Waals surface area contributed by atoms with Gasteiger partial charge in [0.15, 0.2) is 0 Å². The van der Waals surface area contributed by atoms with Crippen molar-refractivity contribution in [3.05, 3.63) is 0 Å². The molecule has 23 valence electrons. The third-order valence-electron chi connectivity index (χ3n) is 0.102. The summed E-state index contributed by atoms with van der Waals surface area (Å²) in [6.45, 7) is 0. The molecule has 0 aromatic rings. The summed E-state index contributed by atoms with van der Waals surface area (Å²) in [5, 5.41) is 6.26. The fraction of sp³-hybridized carbons (Fsp3) is 1.00. The Morgan fingerprint density at radius 2 is 2.25 bits per heavy atom. The molecule has 0 aromatic carbocycles. The molecule has 1 radical (unpaired) electrons. The van der Waals surface area contributed by atoms with Gasteiger partial charge in [0.2, 0.25) is 0 Å². The molecule has 0 aliphatic rings. The number of hydrogen-bond acceptors (Lipinski definition) is 2. The second-order valence-corrected chi connectivity index (χ2v) is 0.919. The van der Waals surface area contributed by atoms with Crippen molar-refractivity contribution in [3.63, 3.8) is 0 Å². The van der Waals surface area contributed by atoms with Gasteiger partial charge in [-0.25, -0.2) is 0 Å². The van der Waals surface area contributed by atoms with Crippen LogP contribution in [0.25, 0.3) is 0 Å². The van der Waals surface area contributed by atoms with Gasteiger partial charge in [0.1, 0.15) is 0 Å². The van der Waals surface area contributed by atoms with E-state index in [0.29, 0.717) is 0 Å². The van der Waals surface area contributed by atoms with Gasteiger partial charge in [-0.1, -0.05) is 0 Å². The van der Waals surface area contributed by atoms with Gasteiger partial charge in [-0.3, -0.25) is 0 Å². The van der Waals surface area contributed by atoms with Crippen molar-refractivity contribution in [2.45, 2.75) is 0 Å². The highest BCUT2D eigenvalue weighted by Gasteiger charge is 1.47. The lowest BCUT2D eigenvalue weighted by Crippen LogP contribution is -1.70. The lowest BCUT2D eigenvalue weighted by Gasteiger charge is -1.69. The van der Waals surface area contributed by atoms with E-state index in [1.807, 2.05) is 0 Å². The number of rotatable bonds is 1. The normalized spacial score (nSPS) is 5.25. The highest BCUT2D eigenvalue weighted by atomic mass is 28.2. The molecular weight excluding hydrogens is 70.1 g/mol. The van der Waals surface area contributed by atoms with Gasteiger partial charge in [-0.15, -0.1) is 0 Å². The summed E-state index contributed by atoms with van der Waals surface area (Å²) in [7, 11) is 1.40. The van der Waals surface area contributed by atoms with E-state index in [2.05, 4.69) is 4.43 Å². The third-order valence-corrected chi connectivity index (χ3v) is 0.306. The molecule has 0 atom stereocenters. The lowest BCUT2D eigenvalue weighted by molar-refractivity contribution is 0.448. The average Bonchev–Trinajstić information content (AvgIpc) is 1.37. The fourth-order valence-electron chi connectivity index (χ4n) is 0. The minimum Gasteiger partial charge on any atom is -0.538 e. The molecule has 0 spiro atoms. The standard InChI is InChI=1S/CH4NOSi/c1-3-4-2/h2H,1H3. The Balaban J connectivity index is 2.30. The first kappa shape index (κ1) is 3.82. The van der Waals surface area contributed by atoms with Gasteiger partial charge in [0.25, 0.3) is 0 Å². The zero-order valence-electron chi connectivity index (χ0n) is 2.41. The van der Waals surface area contributed by atoms with Crippen molar-refractivity contribution in [1.82, 2.24) is 0 Å². The van der Waals surface area contributed by atoms with Crippen LogP contribution >= 0.6 is 0 Å². The Hall–Kier alpha value is -0.183. The molecule has 0 saturated heterocycles. The number of nitrogens with one attached hydrogen (secondary N) is 1. The Labute approximate surface area is 27.3 Å². The van der Waals surface area contributed by atoms with E-state index in [0.717, 1.165) is 0 Å². The van der Waals surface area contributed by atoms with Crippen molar-refractivity contribution in [2.24, 2.45) is 0 Å². The fourth-order valence-corrected chi connectivity index (χ4v) is 0. The van der Waals surface area contributed by atoms with Crippen LogP contribution in [0.15, 0.2) is 0 Å². The summed E-state index contributed by atoms with van der Waals surface area (Å²) >= 11 is 0. The molecule has 0 aromatic heterocycles. The van der Waals surface area contributed by atoms with Gasteiger partial charge in [0, 0.05) is 0 Å². The molecule has 0 bridgehead atoms. The largest absolute Gasteiger partial charge is 0.538 e. The maximum Gasteiger partial charge on any atom is 0.418 e. The summed E-state index contributed by atoms with van der Waals surface area (Å²) in [5.41, 5.74) is 0. The predicted octanol–water partition coefficient (Wildman–Crippen LogP) is 0.0144. The van der Waals surface area contributed by atoms with E-state index in [1.54, 1.807) is 0 Å². The molecule has 0 rings (SSSR count). The predicted molar refractivity (Wildman–Crippen MR) is 15.5 cm³/mol. The molecule has 0 amide bonds. The second-order valence-electron chi connectivity index (χ2n) is 0.306. The summed E-state index contributed by atoms with van der Waals surface area (Å²) in [4.78, 5) is 0. The van der Waals surface area contributed by atoms with Crippen LogP contribution in [0.1, 0.15) is 0 Å². The Kier molecular flexibility index (Phi) is 2.69. The van der Waals surface area contributed by atoms with Crippen molar-refractivity contribution in [3.8, 4) is 0 Å². The monoisotopic (exact) mass is 74.0 g/mol. The van der Waals surface area contributed by atoms with Crippen LogP contribution in [-0.2, 0) is 4.43 Å². The number of hydrogen-bond donors (Lipinski definition) is 1. The van der Waals surface area contributed by atoms with Crippen LogP contribution in [0.4, 0.5) is 0 Å². The van der Waals surface area contributed by atoms with Gasteiger partial charge in [-0.2, -0.15) is 0 Å². The molecule has 0 unspecified atom stereocenters. The molecule has 1 N–H and O–H groups in total. The third kappa shape index (κ3) is 1.82. The van der Waals surface area contributed by atoms with Crippen LogP contribution in [0.2, 0.25) is 0 Å². The minimum absolute atomic E-state index is 0.110. The molecule has 4 heavy (non-hydrogen) atoms. The summed E-state index contributed by atoms with van der Waals surface area (Å²) in [6, 6.07) is 0. The minimum atomic E-state index is -0.110. The molecule has 0 aliphatic heterocycles. The van der Waals surface area contributed by atoms with Crippen LogP contribution in [0.3, 0.4) is 0 Å². The molecule has 0 saturated carbocycles. The molecule has 0 heterocycles. The van der Waals surface area contributed by atoms with E-state index in [4.69, 9.17) is 5.05 Å². The van der Waals surface area contributed by atoms with Gasteiger partial charge >= 0.3 is 9.56 Å². The molecule has 3 heteroatoms. The van der Waals surface area contributed by atoms with Crippen LogP contribution in [0.5, 0.6) is 0 Å². The van der Waals surface area contributed by atoms with Crippen molar-refractivity contribution in [2.75, 3.05) is 7.11 Å². The summed E-state index contributed by atoms with van der Waals surface area (Å²) < 4.78 is 4.24. The first-order valence-corrected chi connectivity index (χ1v) is 1.77. The maximum absolute atomic E-state index is 6.26. The van der Waals surface area contributed by atoms with Crippen LogP contribution in [0, 0.1) is 5.05 Å². The maximum atomic E-state index is 6.26. The molecule has 0 fully saturated rings. The average molecular weight is 74.1 g/mol. The smallest absolute Gasteiger partial charge is 0.418 e. The summed E-state index contributed by atoms with van der Waals surface area (Å²) in [5.74, 6) is 0. The first-order valence-electron chi connectivity index (χ1n) is 0.862. The second kappa shape index (κ2) is 2.82. The van der Waals surface area contributed by atoms with Crippen molar-refractivity contribution >= 4 is 9.56 Å². The Bertz CT molecular complexity index is 22.0. The lowest BCUT2D eigenvalue weighted by atomic mass is 11.8. The summed E-state index contributed by atoms with van der Waals surface area (Å²) in [6.07, 6.45) is 0. The van der Waals surface area contributed by atoms with E-state index in [9.17, 15) is 0 Å². The SMILES string of the molecule is CO[Si]=N. The molecule has 2 nitrogen and oxygen atoms in total. The van der Waals surface area contributed by atoms with Crippen molar-refractivity contribution < 1.29 is 4.43 Å². The molecular formula is CH4NOSi. The zero-order chi connectivity index (χ0) is 3.41. The zero-order valence-corrected chi connectivity index (χ0v) is 3.41. The topological polar surface area (TPSA) is 33.1 Å². The molecule has 0 aliphatic carbocycles. The first-order chi connectivity index (χ1) is 1.91. The van der Waals surface area contributed by atoms with E-state index in [1.165, 1.54) is 7.11 Å². The van der Waals surface area contributed by atoms with E-state index in [-0.39, 0.29) is 9.56 Å². The van der Waals surface area contributed by atoms with Crippen molar-refractivity contribution in [1.29, 1.82) is 5.05 Å². The van der Waals surface area contributed by atoms with Gasteiger partial charge in [-0.05, 0) is 0 Å². The van der Waals surface area contributed by atoms with E-state index >= 15 is 0 Å². The van der Waals surface area contributed by atoms with Crippen LogP contribution in [-0.4, -0.2) is 16.7 Å². The highest BCUT2D eigenvalue weighted by Crippen LogP contribution is 1.34. The Morgan fingerprint density at radius 1 is 2.00 bits per heavy atom. The Morgan fingerprint density at radius 3 is 2.25 bits per heavy atom. The van der Waals surface area contributed by atoms with Gasteiger partial charge in [0.05, 0.1) is 7.11 Å². The van der Waals surface area contributed by atoms with Gasteiger partial charge < -0.3 is 9.48 Å². The quantitative estimate of drug-likeness (QED) is 0.437. The highest BCUT2D eigenvalue weighted by molar-refractivity contribution is 6.08. The van der Waals surface area contributed by atoms with E-state index < -0.39 is 0 Å².